The van der Waals surface area contributed by atoms with Crippen molar-refractivity contribution in [1.82, 2.24) is 4.90 Å². The van der Waals surface area contributed by atoms with Gasteiger partial charge in [0.2, 0.25) is 0 Å². The number of carbonyl (C=O) groups excluding carboxylic acids is 2. The van der Waals surface area contributed by atoms with Crippen molar-refractivity contribution in [2.75, 3.05) is 18.6 Å². The van der Waals surface area contributed by atoms with E-state index >= 15 is 0 Å². The lowest BCUT2D eigenvalue weighted by molar-refractivity contribution is -0.112. The van der Waals surface area contributed by atoms with E-state index in [9.17, 15) is 14.8 Å². The molecule has 0 atom stereocenters. The maximum Gasteiger partial charge on any atom is 0.295 e. The van der Waals surface area contributed by atoms with Crippen LogP contribution in [0.5, 0.6) is 0 Å². The van der Waals surface area contributed by atoms with Crippen molar-refractivity contribution in [3.8, 4) is 11.1 Å². The Labute approximate surface area is 147 Å². The van der Waals surface area contributed by atoms with Crippen LogP contribution < -0.4 is 10.9 Å². The highest BCUT2D eigenvalue weighted by Crippen LogP contribution is 2.42. The number of oxime groups is 1. The largest absolute Gasteiger partial charge is 0.410 e. The van der Waals surface area contributed by atoms with Crippen LogP contribution in [-0.2, 0) is 17.8 Å². The Morgan fingerprint density at radius 3 is 2.84 bits per heavy atom. The molecule has 25 heavy (non-hydrogen) atoms. The molecule has 0 saturated heterocycles. The second-order valence-corrected chi connectivity index (χ2v) is 7.15. The van der Waals surface area contributed by atoms with Gasteiger partial charge in [0.1, 0.15) is 0 Å². The Hall–Kier alpha value is -2.55. The van der Waals surface area contributed by atoms with Crippen molar-refractivity contribution in [2.24, 2.45) is 11.0 Å². The predicted octanol–water partition coefficient (Wildman–Crippen LogP) is 1.61. The van der Waals surface area contributed by atoms with Crippen LogP contribution in [-0.4, -0.2) is 41.6 Å². The van der Waals surface area contributed by atoms with Crippen LogP contribution in [0, 0.1) is 0 Å². The summed E-state index contributed by atoms with van der Waals surface area (Å²) >= 11 is 1.38. The molecule has 0 unspecified atom stereocenters. The van der Waals surface area contributed by atoms with E-state index in [-0.39, 0.29) is 5.71 Å². The number of benzene rings is 1. The van der Waals surface area contributed by atoms with Gasteiger partial charge in [-0.15, -0.1) is 11.3 Å². The third kappa shape index (κ3) is 2.22. The van der Waals surface area contributed by atoms with Gasteiger partial charge in [-0.3, -0.25) is 9.59 Å². The molecule has 4 rings (SSSR count). The average Bonchev–Trinajstić information content (AvgIpc) is 3.17. The molecule has 1 amide bonds. The van der Waals surface area contributed by atoms with Gasteiger partial charge >= 0.3 is 0 Å². The SMILES string of the molecule is CN1CCc2c(-c3ccsc3C=O)cc3c(c2C1)N(N)C(=O)/C3=N/O. The minimum Gasteiger partial charge on any atom is -0.410 e. The number of hydrogen-bond donors (Lipinski definition) is 2. The zero-order valence-electron chi connectivity index (χ0n) is 13.5. The van der Waals surface area contributed by atoms with Crippen LogP contribution in [0.1, 0.15) is 26.4 Å². The van der Waals surface area contributed by atoms with Crippen molar-refractivity contribution < 1.29 is 14.8 Å². The van der Waals surface area contributed by atoms with Crippen LogP contribution >= 0.6 is 11.3 Å². The summed E-state index contributed by atoms with van der Waals surface area (Å²) in [5.74, 6) is 5.43. The molecule has 3 N–H and O–H groups in total. The highest BCUT2D eigenvalue weighted by Gasteiger charge is 2.38. The van der Waals surface area contributed by atoms with Gasteiger partial charge in [-0.1, -0.05) is 5.16 Å². The van der Waals surface area contributed by atoms with Crippen LogP contribution in [0.15, 0.2) is 22.7 Å². The molecule has 0 aliphatic carbocycles. The first-order valence-corrected chi connectivity index (χ1v) is 8.66. The number of hydrogen-bond acceptors (Lipinski definition) is 7. The Morgan fingerprint density at radius 1 is 1.32 bits per heavy atom. The molecule has 0 radical (unpaired) electrons. The Bertz CT molecular complexity index is 934. The van der Waals surface area contributed by atoms with Gasteiger partial charge in [-0.25, -0.2) is 10.9 Å². The quantitative estimate of drug-likeness (QED) is 0.280. The molecule has 1 aromatic carbocycles. The smallest absolute Gasteiger partial charge is 0.295 e. The Balaban J connectivity index is 2.05. The average molecular weight is 356 g/mol. The van der Waals surface area contributed by atoms with Crippen LogP contribution in [0.2, 0.25) is 0 Å². The fourth-order valence-corrected chi connectivity index (χ4v) is 4.34. The number of aldehydes is 1. The number of nitrogens with two attached hydrogens (primary N) is 1. The van der Waals surface area contributed by atoms with Crippen molar-refractivity contribution in [3.63, 3.8) is 0 Å². The molecule has 1 aromatic heterocycles. The first-order valence-electron chi connectivity index (χ1n) is 7.78. The summed E-state index contributed by atoms with van der Waals surface area (Å²) in [6.07, 6.45) is 1.63. The van der Waals surface area contributed by atoms with Crippen molar-refractivity contribution >= 4 is 34.9 Å². The second-order valence-electron chi connectivity index (χ2n) is 6.21. The number of anilines is 1. The lowest BCUT2D eigenvalue weighted by Gasteiger charge is -2.30. The van der Waals surface area contributed by atoms with Crippen LogP contribution in [0.4, 0.5) is 5.69 Å². The van der Waals surface area contributed by atoms with Gasteiger partial charge in [0.05, 0.1) is 10.6 Å². The van der Waals surface area contributed by atoms with Crippen LogP contribution in [0.25, 0.3) is 11.1 Å². The standard InChI is InChI=1S/C17H16N4O3S/c1-20-4-2-9-11(10-3-5-25-14(10)8-22)6-12-15(19-24)17(23)21(18)16(12)13(9)7-20/h3,5-6,8,24H,2,4,7,18H2,1H3/b19-15+. The fraction of sp³-hybridized carbons (Fsp3) is 0.235. The van der Waals surface area contributed by atoms with E-state index in [0.717, 1.165) is 46.5 Å². The van der Waals surface area contributed by atoms with Crippen LogP contribution in [0.3, 0.4) is 0 Å². The predicted molar refractivity (Wildman–Crippen MR) is 95.2 cm³/mol. The van der Waals surface area contributed by atoms with Crippen molar-refractivity contribution in [3.05, 3.63) is 39.1 Å². The zero-order valence-corrected chi connectivity index (χ0v) is 14.3. The van der Waals surface area contributed by atoms with E-state index < -0.39 is 5.91 Å². The summed E-state index contributed by atoms with van der Waals surface area (Å²) in [5, 5.41) is 15.4. The summed E-state index contributed by atoms with van der Waals surface area (Å²) in [6, 6.07) is 3.72. The first-order chi connectivity index (χ1) is 12.1. The first kappa shape index (κ1) is 15.9. The van der Waals surface area contributed by atoms with E-state index in [1.165, 1.54) is 11.3 Å². The minimum absolute atomic E-state index is 0.0716. The lowest BCUT2D eigenvalue weighted by Crippen LogP contribution is -2.38. The third-order valence-corrected chi connectivity index (χ3v) is 5.64. The van der Waals surface area contributed by atoms with Gasteiger partial charge in [0.25, 0.3) is 5.91 Å². The van der Waals surface area contributed by atoms with Crippen molar-refractivity contribution in [2.45, 2.75) is 13.0 Å². The summed E-state index contributed by atoms with van der Waals surface area (Å²) in [5.41, 5.74) is 4.78. The second kappa shape index (κ2) is 5.76. The molecule has 0 saturated carbocycles. The number of likely N-dealkylation sites (N-methyl/N-ethyl adjacent to an activating group) is 1. The lowest BCUT2D eigenvalue weighted by atomic mass is 9.87. The van der Waals surface area contributed by atoms with E-state index in [4.69, 9.17) is 5.84 Å². The van der Waals surface area contributed by atoms with E-state index in [0.29, 0.717) is 22.7 Å². The van der Waals surface area contributed by atoms with Gasteiger partial charge in [-0.05, 0) is 47.7 Å². The van der Waals surface area contributed by atoms with Gasteiger partial charge in [0, 0.05) is 24.2 Å². The molecule has 128 valence electrons. The maximum absolute atomic E-state index is 12.3. The molecule has 2 aromatic rings. The molecule has 0 fully saturated rings. The summed E-state index contributed by atoms with van der Waals surface area (Å²) in [6.45, 7) is 1.50. The number of rotatable bonds is 2. The number of fused-ring (bicyclic) bond motifs is 3. The maximum atomic E-state index is 12.3. The van der Waals surface area contributed by atoms with E-state index in [1.807, 2.05) is 24.6 Å². The highest BCUT2D eigenvalue weighted by atomic mass is 32.1. The van der Waals surface area contributed by atoms with Gasteiger partial charge in [-0.2, -0.15) is 0 Å². The minimum atomic E-state index is -0.536. The molecule has 2 aliphatic rings. The number of amides is 1. The fourth-order valence-electron chi connectivity index (χ4n) is 3.63. The summed E-state index contributed by atoms with van der Waals surface area (Å²) < 4.78 is 0. The summed E-state index contributed by atoms with van der Waals surface area (Å²) in [4.78, 5) is 26.5. The van der Waals surface area contributed by atoms with Gasteiger partial charge in [0.15, 0.2) is 12.0 Å². The normalized spacial score (nSPS) is 18.6. The Kier molecular flexibility index (Phi) is 3.68. The van der Waals surface area contributed by atoms with Gasteiger partial charge < -0.3 is 10.1 Å². The molecular formula is C17H16N4O3S. The molecule has 0 bridgehead atoms. The molecule has 7 nitrogen and oxygen atoms in total. The monoisotopic (exact) mass is 356 g/mol. The molecule has 0 spiro atoms. The molecule has 3 heterocycles. The number of carbonyl (C=O) groups is 2. The van der Waals surface area contributed by atoms with E-state index in [1.54, 1.807) is 0 Å². The third-order valence-electron chi connectivity index (χ3n) is 4.80. The number of hydrazine groups is 1. The molecular weight excluding hydrogens is 340 g/mol. The van der Waals surface area contributed by atoms with Crippen molar-refractivity contribution in [1.29, 1.82) is 0 Å². The number of thiophene rings is 1. The molecule has 8 heteroatoms. The Morgan fingerprint density at radius 2 is 2.12 bits per heavy atom. The van der Waals surface area contributed by atoms with E-state index in [2.05, 4.69) is 10.1 Å². The molecule has 2 aliphatic heterocycles. The topological polar surface area (TPSA) is 99.2 Å². The zero-order chi connectivity index (χ0) is 17.7. The summed E-state index contributed by atoms with van der Waals surface area (Å²) in [7, 11) is 2.00. The highest BCUT2D eigenvalue weighted by molar-refractivity contribution is 7.12. The number of nitrogens with zero attached hydrogens (tertiary/aromatic N) is 3.